The number of nitro groups is 1. The maximum absolute atomic E-state index is 11.0. The molecule has 0 saturated carbocycles. The number of nitriles is 1. The van der Waals surface area contributed by atoms with Gasteiger partial charge in [-0.25, -0.2) is 4.98 Å². The van der Waals surface area contributed by atoms with Crippen molar-refractivity contribution in [3.05, 3.63) is 27.9 Å². The lowest BCUT2D eigenvalue weighted by Gasteiger charge is -2.14. The van der Waals surface area contributed by atoms with Gasteiger partial charge in [0, 0.05) is 12.2 Å². The molecule has 0 aliphatic heterocycles. The first-order valence-electron chi connectivity index (χ1n) is 6.40. The van der Waals surface area contributed by atoms with E-state index in [9.17, 15) is 10.1 Å². The van der Waals surface area contributed by atoms with Crippen LogP contribution in [0.1, 0.15) is 45.1 Å². The minimum absolute atomic E-state index is 0.0308. The fraction of sp³-hybridized carbons (Fsp3) is 0.538. The van der Waals surface area contributed by atoms with Gasteiger partial charge in [-0.15, -0.1) is 0 Å². The van der Waals surface area contributed by atoms with Crippen LogP contribution in [0.25, 0.3) is 0 Å². The summed E-state index contributed by atoms with van der Waals surface area (Å²) in [6.45, 7) is 4.08. The van der Waals surface area contributed by atoms with E-state index in [1.807, 2.05) is 13.0 Å². The number of nitrogens with zero attached hydrogens (tertiary/aromatic N) is 3. The SMILES string of the molecule is CCCCCC(C)Nc1nccc(C#N)c1[N+](=O)[O-]. The molecule has 1 heterocycles. The molecule has 0 bridgehead atoms. The predicted molar refractivity (Wildman–Crippen MR) is 72.8 cm³/mol. The number of anilines is 1. The topological polar surface area (TPSA) is 91.8 Å². The van der Waals surface area contributed by atoms with Crippen LogP contribution in [0, 0.1) is 21.4 Å². The fourth-order valence-corrected chi connectivity index (χ4v) is 1.84. The van der Waals surface area contributed by atoms with Gasteiger partial charge in [-0.3, -0.25) is 10.1 Å². The van der Waals surface area contributed by atoms with Gasteiger partial charge in [0.05, 0.1) is 4.92 Å². The number of pyridine rings is 1. The molecule has 0 aromatic carbocycles. The maximum Gasteiger partial charge on any atom is 0.328 e. The van der Waals surface area contributed by atoms with Crippen LogP contribution < -0.4 is 5.32 Å². The Bertz CT molecular complexity index is 482. The van der Waals surface area contributed by atoms with Crippen LogP contribution in [-0.4, -0.2) is 15.9 Å². The highest BCUT2D eigenvalue weighted by atomic mass is 16.6. The minimum atomic E-state index is -0.563. The van der Waals surface area contributed by atoms with Gasteiger partial charge in [0.15, 0.2) is 0 Å². The molecule has 0 saturated heterocycles. The smallest absolute Gasteiger partial charge is 0.328 e. The highest BCUT2D eigenvalue weighted by Crippen LogP contribution is 2.26. The molecule has 1 rings (SSSR count). The number of hydrogen-bond acceptors (Lipinski definition) is 5. The minimum Gasteiger partial charge on any atom is -0.362 e. The van der Waals surface area contributed by atoms with E-state index < -0.39 is 4.92 Å². The normalized spacial score (nSPS) is 11.6. The number of nitrogens with one attached hydrogen (secondary N) is 1. The lowest BCUT2D eigenvalue weighted by Crippen LogP contribution is -2.17. The number of hydrogen-bond donors (Lipinski definition) is 1. The van der Waals surface area contributed by atoms with Crippen LogP contribution in [0.15, 0.2) is 12.3 Å². The molecule has 1 aromatic rings. The molecule has 19 heavy (non-hydrogen) atoms. The van der Waals surface area contributed by atoms with Crippen molar-refractivity contribution < 1.29 is 4.92 Å². The van der Waals surface area contributed by atoms with Crippen molar-refractivity contribution in [1.82, 2.24) is 4.98 Å². The lowest BCUT2D eigenvalue weighted by molar-refractivity contribution is -0.384. The van der Waals surface area contributed by atoms with Crippen molar-refractivity contribution >= 4 is 11.5 Å². The molecule has 1 N–H and O–H groups in total. The largest absolute Gasteiger partial charge is 0.362 e. The van der Waals surface area contributed by atoms with Crippen molar-refractivity contribution in [2.45, 2.75) is 45.6 Å². The van der Waals surface area contributed by atoms with Crippen molar-refractivity contribution in [2.24, 2.45) is 0 Å². The lowest BCUT2D eigenvalue weighted by atomic mass is 10.1. The Labute approximate surface area is 112 Å². The second kappa shape index (κ2) is 7.31. The summed E-state index contributed by atoms with van der Waals surface area (Å²) in [5.74, 6) is 0.174. The molecule has 0 radical (unpaired) electrons. The molecule has 6 nitrogen and oxygen atoms in total. The van der Waals surface area contributed by atoms with Gasteiger partial charge < -0.3 is 5.32 Å². The van der Waals surface area contributed by atoms with Gasteiger partial charge in [0.1, 0.15) is 11.6 Å². The average Bonchev–Trinajstić information content (AvgIpc) is 2.38. The van der Waals surface area contributed by atoms with E-state index in [2.05, 4.69) is 17.2 Å². The Kier molecular flexibility index (Phi) is 5.73. The van der Waals surface area contributed by atoms with Gasteiger partial charge in [-0.1, -0.05) is 26.2 Å². The van der Waals surface area contributed by atoms with Crippen molar-refractivity contribution in [3.8, 4) is 6.07 Å². The van der Waals surface area contributed by atoms with Crippen LogP contribution >= 0.6 is 0 Å². The molecule has 102 valence electrons. The molecular weight excluding hydrogens is 244 g/mol. The van der Waals surface area contributed by atoms with Crippen LogP contribution in [0.5, 0.6) is 0 Å². The summed E-state index contributed by atoms with van der Waals surface area (Å²) in [6, 6.07) is 3.26. The average molecular weight is 262 g/mol. The van der Waals surface area contributed by atoms with Crippen LogP contribution in [0.4, 0.5) is 11.5 Å². The summed E-state index contributed by atoms with van der Waals surface area (Å²) in [6.07, 6.45) is 5.67. The van der Waals surface area contributed by atoms with E-state index in [1.165, 1.54) is 12.3 Å². The number of rotatable bonds is 7. The molecule has 1 atom stereocenters. The molecule has 0 amide bonds. The number of aromatic nitrogens is 1. The quantitative estimate of drug-likeness (QED) is 0.462. The van der Waals surface area contributed by atoms with E-state index in [1.54, 1.807) is 0 Å². The summed E-state index contributed by atoms with van der Waals surface area (Å²) in [7, 11) is 0. The Hall–Kier alpha value is -2.16. The molecule has 0 aliphatic rings. The predicted octanol–water partition coefficient (Wildman–Crippen LogP) is 3.24. The Balaban J connectivity index is 2.83. The molecule has 0 spiro atoms. The van der Waals surface area contributed by atoms with Gasteiger partial charge in [0.25, 0.3) is 0 Å². The van der Waals surface area contributed by atoms with E-state index in [-0.39, 0.29) is 23.1 Å². The Morgan fingerprint density at radius 1 is 1.58 bits per heavy atom. The molecule has 0 aliphatic carbocycles. The summed E-state index contributed by atoms with van der Waals surface area (Å²) in [5, 5.41) is 22.9. The van der Waals surface area contributed by atoms with Gasteiger partial charge in [0.2, 0.25) is 5.82 Å². The highest BCUT2D eigenvalue weighted by Gasteiger charge is 2.21. The maximum atomic E-state index is 11.0. The first-order valence-corrected chi connectivity index (χ1v) is 6.40. The van der Waals surface area contributed by atoms with Crippen LogP contribution in [-0.2, 0) is 0 Å². The first kappa shape index (κ1) is 14.9. The van der Waals surface area contributed by atoms with E-state index in [0.717, 1.165) is 25.7 Å². The second-order valence-corrected chi connectivity index (χ2v) is 4.47. The van der Waals surface area contributed by atoms with E-state index in [0.29, 0.717) is 0 Å². The van der Waals surface area contributed by atoms with Crippen molar-refractivity contribution in [1.29, 1.82) is 5.26 Å². The number of unbranched alkanes of at least 4 members (excludes halogenated alkanes) is 2. The molecular formula is C13H18N4O2. The monoisotopic (exact) mass is 262 g/mol. The fourth-order valence-electron chi connectivity index (χ4n) is 1.84. The van der Waals surface area contributed by atoms with Crippen molar-refractivity contribution in [2.75, 3.05) is 5.32 Å². The molecule has 1 aromatic heterocycles. The Morgan fingerprint density at radius 3 is 2.89 bits per heavy atom. The molecule has 0 fully saturated rings. The Morgan fingerprint density at radius 2 is 2.32 bits per heavy atom. The zero-order valence-electron chi connectivity index (χ0n) is 11.2. The van der Waals surface area contributed by atoms with Gasteiger partial charge in [-0.05, 0) is 19.4 Å². The van der Waals surface area contributed by atoms with Gasteiger partial charge in [-0.2, -0.15) is 5.26 Å². The standard InChI is InChI=1S/C13H18N4O2/c1-3-4-5-6-10(2)16-13-12(17(18)19)11(9-14)7-8-15-13/h7-8,10H,3-6H2,1-2H3,(H,15,16). The zero-order valence-corrected chi connectivity index (χ0v) is 11.2. The second-order valence-electron chi connectivity index (χ2n) is 4.47. The third kappa shape index (κ3) is 4.21. The summed E-state index contributed by atoms with van der Waals surface area (Å²) >= 11 is 0. The summed E-state index contributed by atoms with van der Waals surface area (Å²) < 4.78 is 0. The highest BCUT2D eigenvalue weighted by molar-refractivity contribution is 5.64. The van der Waals surface area contributed by atoms with Crippen LogP contribution in [0.2, 0.25) is 0 Å². The summed E-state index contributed by atoms with van der Waals surface area (Å²) in [4.78, 5) is 14.4. The van der Waals surface area contributed by atoms with Crippen LogP contribution in [0.3, 0.4) is 0 Å². The first-order chi connectivity index (χ1) is 9.10. The third-order valence-electron chi connectivity index (χ3n) is 2.85. The van der Waals surface area contributed by atoms with E-state index in [4.69, 9.17) is 5.26 Å². The molecule has 6 heteroatoms. The van der Waals surface area contributed by atoms with E-state index >= 15 is 0 Å². The summed E-state index contributed by atoms with van der Waals surface area (Å²) in [5.41, 5.74) is -0.212. The third-order valence-corrected chi connectivity index (χ3v) is 2.85. The zero-order chi connectivity index (χ0) is 14.3. The van der Waals surface area contributed by atoms with Crippen molar-refractivity contribution in [3.63, 3.8) is 0 Å². The molecule has 1 unspecified atom stereocenters. The van der Waals surface area contributed by atoms with Gasteiger partial charge >= 0.3 is 5.69 Å².